The standard InChI is InChI=1S/C17H23N5O/c1-10(23)17-21-14-9-20-16-13(7-8-19-16)15(14)22(17)12-5-3-11(18-2)4-6-12/h7-12,18,23H,3-6H2,1-2H3,(H,19,20)/t10-,11?,12?/m1/s1. The van der Waals surface area contributed by atoms with Gasteiger partial charge in [0.05, 0.1) is 11.7 Å². The zero-order valence-corrected chi connectivity index (χ0v) is 13.6. The molecule has 122 valence electrons. The Kier molecular flexibility index (Phi) is 3.58. The van der Waals surface area contributed by atoms with Gasteiger partial charge in [0.2, 0.25) is 0 Å². The van der Waals surface area contributed by atoms with Gasteiger partial charge in [0.1, 0.15) is 23.1 Å². The summed E-state index contributed by atoms with van der Waals surface area (Å²) >= 11 is 0. The van der Waals surface area contributed by atoms with Gasteiger partial charge in [-0.15, -0.1) is 0 Å². The molecule has 6 nitrogen and oxygen atoms in total. The van der Waals surface area contributed by atoms with Crippen LogP contribution in [0.1, 0.15) is 50.6 Å². The summed E-state index contributed by atoms with van der Waals surface area (Å²) in [5.41, 5.74) is 2.84. The van der Waals surface area contributed by atoms with Crippen molar-refractivity contribution in [3.8, 4) is 0 Å². The lowest BCUT2D eigenvalue weighted by atomic mass is 9.91. The van der Waals surface area contributed by atoms with E-state index in [2.05, 4.69) is 24.8 Å². The molecule has 0 bridgehead atoms. The second kappa shape index (κ2) is 5.62. The molecule has 23 heavy (non-hydrogen) atoms. The smallest absolute Gasteiger partial charge is 0.139 e. The van der Waals surface area contributed by atoms with Gasteiger partial charge in [0, 0.05) is 23.7 Å². The summed E-state index contributed by atoms with van der Waals surface area (Å²) in [5, 5.41) is 14.7. The van der Waals surface area contributed by atoms with Crippen molar-refractivity contribution in [1.82, 2.24) is 24.8 Å². The SMILES string of the molecule is CNC1CCC(n2c([C@@H](C)O)nc3cnc4[nH]ccc4c32)CC1. The van der Waals surface area contributed by atoms with Crippen molar-refractivity contribution in [3.05, 3.63) is 24.3 Å². The van der Waals surface area contributed by atoms with E-state index in [1.165, 1.54) is 0 Å². The Hall–Kier alpha value is -1.92. The molecule has 1 aliphatic carbocycles. The maximum absolute atomic E-state index is 10.2. The average molecular weight is 313 g/mol. The molecule has 3 N–H and O–H groups in total. The number of hydrogen-bond acceptors (Lipinski definition) is 4. The monoisotopic (exact) mass is 313 g/mol. The van der Waals surface area contributed by atoms with Gasteiger partial charge >= 0.3 is 0 Å². The molecule has 3 aromatic rings. The topological polar surface area (TPSA) is 78.8 Å². The molecular formula is C17H23N5O. The minimum absolute atomic E-state index is 0.384. The number of aromatic amines is 1. The first kappa shape index (κ1) is 14.7. The number of rotatable bonds is 3. The predicted octanol–water partition coefficient (Wildman–Crippen LogP) is 2.67. The van der Waals surface area contributed by atoms with Gasteiger partial charge in [-0.25, -0.2) is 9.97 Å². The van der Waals surface area contributed by atoms with Crippen LogP contribution >= 0.6 is 0 Å². The maximum atomic E-state index is 10.2. The van der Waals surface area contributed by atoms with E-state index in [0.29, 0.717) is 12.1 Å². The van der Waals surface area contributed by atoms with Crippen LogP contribution in [-0.4, -0.2) is 37.7 Å². The largest absolute Gasteiger partial charge is 0.385 e. The number of fused-ring (bicyclic) bond motifs is 3. The third-order valence-corrected chi connectivity index (χ3v) is 5.11. The Bertz CT molecular complexity index is 826. The number of imidazole rings is 1. The van der Waals surface area contributed by atoms with E-state index in [4.69, 9.17) is 0 Å². The lowest BCUT2D eigenvalue weighted by Crippen LogP contribution is -2.31. The fraction of sp³-hybridized carbons (Fsp3) is 0.529. The Morgan fingerprint density at radius 3 is 2.83 bits per heavy atom. The Morgan fingerprint density at radius 2 is 2.13 bits per heavy atom. The second-order valence-corrected chi connectivity index (χ2v) is 6.54. The van der Waals surface area contributed by atoms with Crippen molar-refractivity contribution >= 4 is 22.1 Å². The highest BCUT2D eigenvalue weighted by atomic mass is 16.3. The molecule has 3 aromatic heterocycles. The molecule has 1 atom stereocenters. The van der Waals surface area contributed by atoms with Crippen LogP contribution in [0.15, 0.2) is 18.5 Å². The van der Waals surface area contributed by atoms with Crippen LogP contribution in [0.25, 0.3) is 22.1 Å². The normalized spacial score (nSPS) is 23.6. The highest BCUT2D eigenvalue weighted by Crippen LogP contribution is 2.36. The molecule has 6 heteroatoms. The maximum Gasteiger partial charge on any atom is 0.139 e. The minimum atomic E-state index is -0.585. The fourth-order valence-electron chi connectivity index (χ4n) is 3.90. The van der Waals surface area contributed by atoms with E-state index in [-0.39, 0.29) is 0 Å². The number of pyridine rings is 1. The molecule has 0 amide bonds. The van der Waals surface area contributed by atoms with E-state index in [1.807, 2.05) is 19.3 Å². The van der Waals surface area contributed by atoms with Crippen LogP contribution in [0.4, 0.5) is 0 Å². The lowest BCUT2D eigenvalue weighted by molar-refractivity contribution is 0.176. The van der Waals surface area contributed by atoms with Gasteiger partial charge in [-0.3, -0.25) is 0 Å². The van der Waals surface area contributed by atoms with Crippen molar-refractivity contribution < 1.29 is 5.11 Å². The first-order valence-corrected chi connectivity index (χ1v) is 8.38. The summed E-state index contributed by atoms with van der Waals surface area (Å²) in [7, 11) is 2.04. The zero-order chi connectivity index (χ0) is 16.0. The Labute approximate surface area is 134 Å². The summed E-state index contributed by atoms with van der Waals surface area (Å²) in [4.78, 5) is 12.3. The van der Waals surface area contributed by atoms with Crippen molar-refractivity contribution in [3.63, 3.8) is 0 Å². The fourth-order valence-corrected chi connectivity index (χ4v) is 3.90. The van der Waals surface area contributed by atoms with Gasteiger partial charge in [-0.05, 0) is 45.7 Å². The summed E-state index contributed by atoms with van der Waals surface area (Å²) in [6.45, 7) is 1.79. The van der Waals surface area contributed by atoms with Crippen LogP contribution in [0.5, 0.6) is 0 Å². The van der Waals surface area contributed by atoms with Crippen LogP contribution < -0.4 is 5.32 Å². The first-order chi connectivity index (χ1) is 11.2. The molecule has 0 aromatic carbocycles. The van der Waals surface area contributed by atoms with Gasteiger partial charge in [0.25, 0.3) is 0 Å². The molecular weight excluding hydrogens is 290 g/mol. The number of aromatic nitrogens is 4. The molecule has 1 saturated carbocycles. The van der Waals surface area contributed by atoms with E-state index in [9.17, 15) is 5.11 Å². The van der Waals surface area contributed by atoms with Crippen molar-refractivity contribution in [2.45, 2.75) is 50.8 Å². The number of H-pyrrole nitrogens is 1. The van der Waals surface area contributed by atoms with Crippen LogP contribution in [0, 0.1) is 0 Å². The molecule has 3 heterocycles. The number of hydrogen-bond donors (Lipinski definition) is 3. The van der Waals surface area contributed by atoms with Gasteiger partial charge in [-0.1, -0.05) is 0 Å². The number of aliphatic hydroxyl groups is 1. The quantitative estimate of drug-likeness (QED) is 0.694. The van der Waals surface area contributed by atoms with Crippen LogP contribution in [0.3, 0.4) is 0 Å². The van der Waals surface area contributed by atoms with Crippen molar-refractivity contribution in [1.29, 1.82) is 0 Å². The molecule has 0 spiro atoms. The van der Waals surface area contributed by atoms with Crippen molar-refractivity contribution in [2.24, 2.45) is 0 Å². The van der Waals surface area contributed by atoms with Crippen LogP contribution in [-0.2, 0) is 0 Å². The summed E-state index contributed by atoms with van der Waals surface area (Å²) in [6.07, 6.45) is 7.64. The minimum Gasteiger partial charge on any atom is -0.385 e. The Morgan fingerprint density at radius 1 is 1.35 bits per heavy atom. The highest BCUT2D eigenvalue weighted by Gasteiger charge is 2.27. The van der Waals surface area contributed by atoms with E-state index in [0.717, 1.165) is 53.6 Å². The molecule has 1 fully saturated rings. The first-order valence-electron chi connectivity index (χ1n) is 8.38. The molecule has 1 aliphatic rings. The Balaban J connectivity index is 1.88. The average Bonchev–Trinajstić information content (AvgIpc) is 3.18. The van der Waals surface area contributed by atoms with Crippen LogP contribution in [0.2, 0.25) is 0 Å². The molecule has 0 saturated heterocycles. The van der Waals surface area contributed by atoms with E-state index >= 15 is 0 Å². The summed E-state index contributed by atoms with van der Waals surface area (Å²) in [6, 6.07) is 3.04. The number of nitrogens with one attached hydrogen (secondary N) is 2. The predicted molar refractivity (Wildman–Crippen MR) is 90.4 cm³/mol. The molecule has 0 unspecified atom stereocenters. The lowest BCUT2D eigenvalue weighted by Gasteiger charge is -2.31. The molecule has 0 radical (unpaired) electrons. The van der Waals surface area contributed by atoms with Crippen molar-refractivity contribution in [2.75, 3.05) is 7.05 Å². The summed E-state index contributed by atoms with van der Waals surface area (Å²) in [5.74, 6) is 0.753. The second-order valence-electron chi connectivity index (χ2n) is 6.54. The highest BCUT2D eigenvalue weighted by molar-refractivity contribution is 6.01. The third-order valence-electron chi connectivity index (χ3n) is 5.11. The van der Waals surface area contributed by atoms with E-state index < -0.39 is 6.10 Å². The number of aliphatic hydroxyl groups excluding tert-OH is 1. The van der Waals surface area contributed by atoms with Gasteiger partial charge in [-0.2, -0.15) is 0 Å². The van der Waals surface area contributed by atoms with Gasteiger partial charge < -0.3 is 20.0 Å². The van der Waals surface area contributed by atoms with E-state index in [1.54, 1.807) is 13.1 Å². The third kappa shape index (κ3) is 2.33. The molecule has 0 aliphatic heterocycles. The number of nitrogens with zero attached hydrogens (tertiary/aromatic N) is 3. The zero-order valence-electron chi connectivity index (χ0n) is 13.6. The summed E-state index contributed by atoms with van der Waals surface area (Å²) < 4.78 is 2.27. The van der Waals surface area contributed by atoms with Gasteiger partial charge in [0.15, 0.2) is 0 Å². The molecule has 4 rings (SSSR count).